The van der Waals surface area contributed by atoms with E-state index >= 15 is 0 Å². The van der Waals surface area contributed by atoms with Crippen LogP contribution in [0.25, 0.3) is 11.8 Å². The first-order chi connectivity index (χ1) is 18.0. The Labute approximate surface area is 224 Å². The van der Waals surface area contributed by atoms with E-state index in [0.29, 0.717) is 5.56 Å². The van der Waals surface area contributed by atoms with Gasteiger partial charge in [-0.1, -0.05) is 6.07 Å². The number of aryl methyl sites for hydroxylation is 1. The van der Waals surface area contributed by atoms with Crippen molar-refractivity contribution in [1.29, 1.82) is 0 Å². The fraction of sp³-hybridized carbons (Fsp3) is 0.250. The molecule has 0 radical (unpaired) electrons. The van der Waals surface area contributed by atoms with Crippen LogP contribution in [0.3, 0.4) is 0 Å². The summed E-state index contributed by atoms with van der Waals surface area (Å²) < 4.78 is 41.8. The van der Waals surface area contributed by atoms with Crippen LogP contribution in [0.15, 0.2) is 60.2 Å². The third-order valence-electron chi connectivity index (χ3n) is 6.54. The highest BCUT2D eigenvalue weighted by Crippen LogP contribution is 2.33. The van der Waals surface area contributed by atoms with E-state index in [0.717, 1.165) is 52.9 Å². The Hall–Kier alpha value is -3.92. The Morgan fingerprint density at radius 1 is 0.974 bits per heavy atom. The lowest BCUT2D eigenvalue weighted by Crippen LogP contribution is -2.54. The van der Waals surface area contributed by atoms with Crippen molar-refractivity contribution in [3.63, 3.8) is 0 Å². The van der Waals surface area contributed by atoms with E-state index in [9.17, 15) is 22.8 Å². The minimum Gasteiger partial charge on any atom is -0.372 e. The monoisotopic (exact) mass is 540 g/mol. The van der Waals surface area contributed by atoms with Crippen LogP contribution in [0, 0.1) is 13.8 Å². The number of amides is 2. The van der Waals surface area contributed by atoms with E-state index in [2.05, 4.69) is 24.1 Å². The van der Waals surface area contributed by atoms with Gasteiger partial charge in [-0.25, -0.2) is 0 Å². The maximum atomic E-state index is 13.4. The average Bonchev–Trinajstić information content (AvgIpc) is 3.15. The number of carbonyl (C=O) groups is 2. The Kier molecular flexibility index (Phi) is 7.46. The van der Waals surface area contributed by atoms with Gasteiger partial charge in [-0.05, 0) is 100 Å². The topological polar surface area (TPSA) is 57.6 Å². The number of hydrogen-bond acceptors (Lipinski definition) is 4. The zero-order valence-corrected chi connectivity index (χ0v) is 22.2. The van der Waals surface area contributed by atoms with E-state index in [-0.39, 0.29) is 16.4 Å². The highest BCUT2D eigenvalue weighted by molar-refractivity contribution is 7.80. The normalized spacial score (nSPS) is 15.3. The molecule has 0 atom stereocenters. The van der Waals surface area contributed by atoms with Crippen LogP contribution in [0.1, 0.15) is 36.4 Å². The Morgan fingerprint density at radius 2 is 1.63 bits per heavy atom. The molecule has 198 valence electrons. The number of hydrogen-bond donors (Lipinski definition) is 1. The summed E-state index contributed by atoms with van der Waals surface area (Å²) in [6.45, 7) is 9.78. The molecule has 2 heterocycles. The molecule has 0 spiro atoms. The number of nitrogens with zero attached hydrogens (tertiary/aromatic N) is 3. The highest BCUT2D eigenvalue weighted by atomic mass is 32.1. The van der Waals surface area contributed by atoms with E-state index < -0.39 is 23.6 Å². The van der Waals surface area contributed by atoms with Crippen molar-refractivity contribution in [2.45, 2.75) is 33.9 Å². The summed E-state index contributed by atoms with van der Waals surface area (Å²) in [6, 6.07) is 14.2. The number of halogens is 3. The van der Waals surface area contributed by atoms with Crippen molar-refractivity contribution in [1.82, 2.24) is 9.88 Å². The van der Waals surface area contributed by atoms with Gasteiger partial charge in [0.15, 0.2) is 5.11 Å². The lowest BCUT2D eigenvalue weighted by molar-refractivity contribution is -0.137. The van der Waals surface area contributed by atoms with Crippen LogP contribution in [0.2, 0.25) is 0 Å². The van der Waals surface area contributed by atoms with Crippen LogP contribution in [-0.4, -0.2) is 34.6 Å². The smallest absolute Gasteiger partial charge is 0.372 e. The van der Waals surface area contributed by atoms with Crippen molar-refractivity contribution in [2.75, 3.05) is 22.9 Å². The molecule has 3 aromatic rings. The standard InChI is InChI=1S/C28H27F3N4O2S/c1-5-33(6-2)21-10-12-22(13-11-21)34-17(3)14-19(18(34)4)15-24-25(36)32-27(38)35(26(24)37)23-9-7-8-20(16-23)28(29,30)31/h7-16H,5-6H2,1-4H3,(H,32,36,38)/b24-15+. The van der Waals surface area contributed by atoms with Gasteiger partial charge in [0.2, 0.25) is 0 Å². The first-order valence-corrected chi connectivity index (χ1v) is 12.5. The first-order valence-electron chi connectivity index (χ1n) is 12.1. The van der Waals surface area contributed by atoms with Crippen LogP contribution in [0.4, 0.5) is 24.5 Å². The fourth-order valence-electron chi connectivity index (χ4n) is 4.60. The van der Waals surface area contributed by atoms with E-state index in [1.54, 1.807) is 0 Å². The number of nitrogens with one attached hydrogen (secondary N) is 1. The number of alkyl halides is 3. The van der Waals surface area contributed by atoms with Gasteiger partial charge in [0.25, 0.3) is 11.8 Å². The van der Waals surface area contributed by atoms with Crippen molar-refractivity contribution >= 4 is 46.6 Å². The van der Waals surface area contributed by atoms with Gasteiger partial charge >= 0.3 is 6.18 Å². The quantitative estimate of drug-likeness (QED) is 0.244. The number of rotatable bonds is 6. The van der Waals surface area contributed by atoms with Crippen LogP contribution in [0.5, 0.6) is 0 Å². The van der Waals surface area contributed by atoms with Crippen molar-refractivity contribution < 1.29 is 22.8 Å². The van der Waals surface area contributed by atoms with E-state index in [1.807, 2.05) is 48.7 Å². The molecule has 1 aliphatic rings. The average molecular weight is 541 g/mol. The summed E-state index contributed by atoms with van der Waals surface area (Å²) in [6.07, 6.45) is -3.15. The number of carbonyl (C=O) groups excluding carboxylic acids is 2. The number of aromatic nitrogens is 1. The molecule has 6 nitrogen and oxygen atoms in total. The van der Waals surface area contributed by atoms with Gasteiger partial charge in [-0.3, -0.25) is 19.8 Å². The molecule has 1 saturated heterocycles. The summed E-state index contributed by atoms with van der Waals surface area (Å²) in [4.78, 5) is 29.3. The lowest BCUT2D eigenvalue weighted by atomic mass is 10.1. The van der Waals surface area contributed by atoms with Gasteiger partial charge in [-0.15, -0.1) is 0 Å². The molecule has 10 heteroatoms. The van der Waals surface area contributed by atoms with Crippen LogP contribution >= 0.6 is 12.2 Å². The summed E-state index contributed by atoms with van der Waals surface area (Å²) in [5, 5.41) is 2.14. The second-order valence-corrected chi connectivity index (χ2v) is 9.24. The largest absolute Gasteiger partial charge is 0.416 e. The molecule has 1 aliphatic heterocycles. The van der Waals surface area contributed by atoms with Crippen molar-refractivity contribution in [3.8, 4) is 5.69 Å². The molecule has 0 bridgehead atoms. The van der Waals surface area contributed by atoms with Crippen LogP contribution < -0.4 is 15.1 Å². The van der Waals surface area contributed by atoms with Gasteiger partial charge in [0.05, 0.1) is 11.3 Å². The molecule has 0 unspecified atom stereocenters. The summed E-state index contributed by atoms with van der Waals surface area (Å²) in [5.74, 6) is -1.51. The maximum Gasteiger partial charge on any atom is 0.416 e. The highest BCUT2D eigenvalue weighted by Gasteiger charge is 2.37. The zero-order chi connectivity index (χ0) is 27.8. The van der Waals surface area contributed by atoms with Crippen LogP contribution in [-0.2, 0) is 15.8 Å². The Morgan fingerprint density at radius 3 is 2.24 bits per heavy atom. The van der Waals surface area contributed by atoms with Gasteiger partial charge in [0, 0.05) is 35.9 Å². The predicted molar refractivity (Wildman–Crippen MR) is 146 cm³/mol. The molecule has 0 aliphatic carbocycles. The lowest BCUT2D eigenvalue weighted by Gasteiger charge is -2.29. The molecule has 38 heavy (non-hydrogen) atoms. The summed E-state index contributed by atoms with van der Waals surface area (Å²) >= 11 is 5.14. The second kappa shape index (κ2) is 10.4. The SMILES string of the molecule is CCN(CC)c1ccc(-n2c(C)cc(/C=C3\C(=O)NC(=S)N(c4cccc(C(F)(F)F)c4)C3=O)c2C)cc1. The molecule has 1 fully saturated rings. The Balaban J connectivity index is 1.71. The minimum atomic E-state index is -4.60. The minimum absolute atomic E-state index is 0.0838. The number of anilines is 2. The predicted octanol–water partition coefficient (Wildman–Crippen LogP) is 5.79. The van der Waals surface area contributed by atoms with Crippen molar-refractivity contribution in [2.24, 2.45) is 0 Å². The van der Waals surface area contributed by atoms with Gasteiger partial charge in [0.1, 0.15) is 5.57 Å². The van der Waals surface area contributed by atoms with Gasteiger partial charge < -0.3 is 9.47 Å². The molecule has 0 saturated carbocycles. The van der Waals surface area contributed by atoms with Gasteiger partial charge in [-0.2, -0.15) is 13.2 Å². The molecule has 1 N–H and O–H groups in total. The number of thiocarbonyl (C=S) groups is 1. The molecule has 2 amide bonds. The Bertz CT molecular complexity index is 1440. The number of benzene rings is 2. The zero-order valence-electron chi connectivity index (χ0n) is 21.4. The van der Waals surface area contributed by atoms with E-state index in [1.165, 1.54) is 18.2 Å². The summed E-state index contributed by atoms with van der Waals surface area (Å²) in [7, 11) is 0. The molecular formula is C28H27F3N4O2S. The van der Waals surface area contributed by atoms with E-state index in [4.69, 9.17) is 12.2 Å². The molecular weight excluding hydrogens is 513 g/mol. The molecule has 2 aromatic carbocycles. The van der Waals surface area contributed by atoms with Crippen molar-refractivity contribution in [3.05, 3.63) is 82.7 Å². The second-order valence-electron chi connectivity index (χ2n) is 8.86. The fourth-order valence-corrected chi connectivity index (χ4v) is 4.88. The maximum absolute atomic E-state index is 13.4. The third-order valence-corrected chi connectivity index (χ3v) is 6.82. The molecule has 1 aromatic heterocycles. The first kappa shape index (κ1) is 27.1. The summed E-state index contributed by atoms with van der Waals surface area (Å²) in [5.41, 5.74) is 3.11. The molecule has 4 rings (SSSR count). The third kappa shape index (κ3) is 5.08.